The van der Waals surface area contributed by atoms with Crippen molar-refractivity contribution in [2.75, 3.05) is 11.9 Å². The van der Waals surface area contributed by atoms with E-state index in [1.54, 1.807) is 0 Å². The number of fused-ring (bicyclic) bond motifs is 1. The molecular formula is C24H27F3N4O2. The second-order valence-electron chi connectivity index (χ2n) is 8.98. The van der Waals surface area contributed by atoms with E-state index < -0.39 is 17.8 Å². The molecule has 2 aromatic heterocycles. The van der Waals surface area contributed by atoms with E-state index >= 15 is 0 Å². The van der Waals surface area contributed by atoms with Crippen molar-refractivity contribution in [2.24, 2.45) is 5.92 Å². The van der Waals surface area contributed by atoms with Crippen LogP contribution in [0.4, 0.5) is 18.9 Å². The lowest BCUT2D eigenvalue weighted by Gasteiger charge is -2.27. The van der Waals surface area contributed by atoms with Gasteiger partial charge in [0, 0.05) is 23.9 Å². The van der Waals surface area contributed by atoms with Gasteiger partial charge in [-0.3, -0.25) is 9.48 Å². The number of carbonyl (C=O) groups excluding carboxylic acids is 1. The first-order valence-corrected chi connectivity index (χ1v) is 11.1. The summed E-state index contributed by atoms with van der Waals surface area (Å²) in [5.41, 5.74) is 0.781. The zero-order valence-corrected chi connectivity index (χ0v) is 18.6. The summed E-state index contributed by atoms with van der Waals surface area (Å²) in [6, 6.07) is 7.27. The predicted molar refractivity (Wildman–Crippen MR) is 119 cm³/mol. The number of carbonyl (C=O) groups is 1. The Balaban J connectivity index is 1.62. The lowest BCUT2D eigenvalue weighted by Crippen LogP contribution is -2.20. The highest BCUT2D eigenvalue weighted by molar-refractivity contribution is 6.04. The molecule has 3 aromatic rings. The Labute approximate surface area is 189 Å². The van der Waals surface area contributed by atoms with E-state index in [1.165, 1.54) is 12.1 Å². The minimum Gasteiger partial charge on any atom is -0.396 e. The molecule has 0 bridgehead atoms. The van der Waals surface area contributed by atoms with Crippen LogP contribution in [0, 0.1) is 5.92 Å². The van der Waals surface area contributed by atoms with E-state index in [1.807, 2.05) is 36.9 Å². The Morgan fingerprint density at radius 3 is 2.58 bits per heavy atom. The molecule has 9 heteroatoms. The monoisotopic (exact) mass is 460 g/mol. The summed E-state index contributed by atoms with van der Waals surface area (Å²) in [6.07, 6.45) is 1.13. The first-order chi connectivity index (χ1) is 15.7. The Kier molecular flexibility index (Phi) is 6.43. The molecule has 33 heavy (non-hydrogen) atoms. The zero-order chi connectivity index (χ0) is 23.8. The fraction of sp³-hybridized carbons (Fsp3) is 0.458. The second kappa shape index (κ2) is 9.13. The Morgan fingerprint density at radius 1 is 1.21 bits per heavy atom. The summed E-state index contributed by atoms with van der Waals surface area (Å²) in [7, 11) is 0. The van der Waals surface area contributed by atoms with Gasteiger partial charge in [-0.05, 0) is 67.3 Å². The van der Waals surface area contributed by atoms with Crippen LogP contribution in [0.3, 0.4) is 0 Å². The second-order valence-corrected chi connectivity index (χ2v) is 8.98. The number of amides is 1. The van der Waals surface area contributed by atoms with Gasteiger partial charge in [-0.15, -0.1) is 0 Å². The maximum absolute atomic E-state index is 13.0. The van der Waals surface area contributed by atoms with Crippen LogP contribution < -0.4 is 5.32 Å². The fourth-order valence-corrected chi connectivity index (χ4v) is 4.38. The third-order valence-corrected chi connectivity index (χ3v) is 6.28. The SMILES string of the molecule is CC(C)c1cc2nn(C3CCC(CO)CC3)cc2cc1NC(=O)c1cccc(C(F)(F)F)n1. The van der Waals surface area contributed by atoms with Crippen LogP contribution in [0.15, 0.2) is 36.5 Å². The lowest BCUT2D eigenvalue weighted by molar-refractivity contribution is -0.141. The van der Waals surface area contributed by atoms with Gasteiger partial charge in [0.2, 0.25) is 0 Å². The molecular weight excluding hydrogens is 433 g/mol. The lowest BCUT2D eigenvalue weighted by atomic mass is 9.87. The molecule has 2 N–H and O–H groups in total. The van der Waals surface area contributed by atoms with Crippen molar-refractivity contribution in [3.8, 4) is 0 Å². The van der Waals surface area contributed by atoms with Crippen LogP contribution in [0.2, 0.25) is 0 Å². The van der Waals surface area contributed by atoms with Crippen molar-refractivity contribution in [3.63, 3.8) is 0 Å². The highest BCUT2D eigenvalue weighted by atomic mass is 19.4. The van der Waals surface area contributed by atoms with Gasteiger partial charge in [-0.1, -0.05) is 19.9 Å². The van der Waals surface area contributed by atoms with E-state index in [2.05, 4.69) is 10.3 Å². The number of hydrogen-bond donors (Lipinski definition) is 2. The molecule has 0 atom stereocenters. The molecule has 1 aliphatic rings. The zero-order valence-electron chi connectivity index (χ0n) is 18.6. The number of nitrogens with zero attached hydrogens (tertiary/aromatic N) is 3. The van der Waals surface area contributed by atoms with Crippen LogP contribution in [0.25, 0.3) is 10.9 Å². The van der Waals surface area contributed by atoms with Crippen LogP contribution in [0.1, 0.15) is 73.2 Å². The van der Waals surface area contributed by atoms with Crippen LogP contribution in [-0.2, 0) is 6.18 Å². The molecule has 0 spiro atoms. The number of halogens is 3. The average Bonchev–Trinajstić information content (AvgIpc) is 3.21. The molecule has 0 unspecified atom stereocenters. The van der Waals surface area contributed by atoms with Gasteiger partial charge in [0.25, 0.3) is 5.91 Å². The van der Waals surface area contributed by atoms with Gasteiger partial charge in [0.05, 0.1) is 11.6 Å². The van der Waals surface area contributed by atoms with Crippen molar-refractivity contribution in [1.29, 1.82) is 0 Å². The van der Waals surface area contributed by atoms with Gasteiger partial charge in [-0.25, -0.2) is 4.98 Å². The Hall–Kier alpha value is -2.94. The molecule has 1 aromatic carbocycles. The number of alkyl halides is 3. The maximum atomic E-state index is 13.0. The molecule has 2 heterocycles. The van der Waals surface area contributed by atoms with E-state index in [-0.39, 0.29) is 24.3 Å². The quantitative estimate of drug-likeness (QED) is 0.523. The molecule has 1 amide bonds. The number of pyridine rings is 1. The van der Waals surface area contributed by atoms with E-state index in [9.17, 15) is 23.1 Å². The van der Waals surface area contributed by atoms with Crippen LogP contribution in [-0.4, -0.2) is 32.4 Å². The number of benzene rings is 1. The number of rotatable bonds is 5. The van der Waals surface area contributed by atoms with Gasteiger partial charge in [0.15, 0.2) is 0 Å². The normalized spacial score (nSPS) is 19.2. The summed E-state index contributed by atoms with van der Waals surface area (Å²) in [5.74, 6) is -0.286. The summed E-state index contributed by atoms with van der Waals surface area (Å²) in [6.45, 7) is 4.17. The highest BCUT2D eigenvalue weighted by Crippen LogP contribution is 2.35. The Morgan fingerprint density at radius 2 is 1.94 bits per heavy atom. The molecule has 1 saturated carbocycles. The first-order valence-electron chi connectivity index (χ1n) is 11.1. The number of hydrogen-bond acceptors (Lipinski definition) is 4. The van der Waals surface area contributed by atoms with E-state index in [0.717, 1.165) is 48.2 Å². The van der Waals surface area contributed by atoms with E-state index in [4.69, 9.17) is 5.10 Å². The number of aliphatic hydroxyl groups excluding tert-OH is 1. The highest BCUT2D eigenvalue weighted by Gasteiger charge is 2.33. The standard InChI is InChI=1S/C24H27F3N4O2/c1-14(2)18-11-20-16(12-31(30-20)17-8-6-15(13-32)7-9-17)10-21(18)29-23(33)19-4-3-5-22(28-19)24(25,26)27/h3-5,10-12,14-15,17,32H,6-9,13H2,1-2H3,(H,29,33). The predicted octanol–water partition coefficient (Wildman–Crippen LogP) is 5.55. The number of anilines is 1. The van der Waals surface area contributed by atoms with Gasteiger partial charge < -0.3 is 10.4 Å². The minimum absolute atomic E-state index is 0.0595. The van der Waals surface area contributed by atoms with Crippen molar-refractivity contribution >= 4 is 22.5 Å². The largest absolute Gasteiger partial charge is 0.433 e. The molecule has 176 valence electrons. The Bertz CT molecular complexity index is 1150. The molecule has 1 fully saturated rings. The average molecular weight is 461 g/mol. The molecule has 4 rings (SSSR count). The van der Waals surface area contributed by atoms with Crippen LogP contribution in [0.5, 0.6) is 0 Å². The molecule has 0 saturated heterocycles. The number of nitrogens with one attached hydrogen (secondary N) is 1. The van der Waals surface area contributed by atoms with Gasteiger partial charge in [-0.2, -0.15) is 18.3 Å². The molecule has 6 nitrogen and oxygen atoms in total. The fourth-order valence-electron chi connectivity index (χ4n) is 4.38. The van der Waals surface area contributed by atoms with Crippen LogP contribution >= 0.6 is 0 Å². The van der Waals surface area contributed by atoms with E-state index in [0.29, 0.717) is 11.6 Å². The van der Waals surface area contributed by atoms with Crippen molar-refractivity contribution in [1.82, 2.24) is 14.8 Å². The minimum atomic E-state index is -4.62. The van der Waals surface area contributed by atoms with Crippen molar-refractivity contribution in [3.05, 3.63) is 53.5 Å². The van der Waals surface area contributed by atoms with Crippen molar-refractivity contribution in [2.45, 2.75) is 57.7 Å². The van der Waals surface area contributed by atoms with Gasteiger partial charge in [0.1, 0.15) is 11.4 Å². The maximum Gasteiger partial charge on any atom is 0.433 e. The first kappa shape index (κ1) is 23.2. The number of aliphatic hydroxyl groups is 1. The third-order valence-electron chi connectivity index (χ3n) is 6.28. The third kappa shape index (κ3) is 5.03. The number of aromatic nitrogens is 3. The summed E-state index contributed by atoms with van der Waals surface area (Å²) < 4.78 is 40.9. The van der Waals surface area contributed by atoms with Crippen molar-refractivity contribution < 1.29 is 23.1 Å². The molecule has 0 aliphatic heterocycles. The van der Waals surface area contributed by atoms with Gasteiger partial charge >= 0.3 is 6.18 Å². The summed E-state index contributed by atoms with van der Waals surface area (Å²) in [5, 5.41) is 17.7. The molecule has 1 aliphatic carbocycles. The summed E-state index contributed by atoms with van der Waals surface area (Å²) >= 11 is 0. The molecule has 0 radical (unpaired) electrons. The smallest absolute Gasteiger partial charge is 0.396 e. The summed E-state index contributed by atoms with van der Waals surface area (Å²) in [4.78, 5) is 16.2. The topological polar surface area (TPSA) is 80.0 Å².